The standard InChI is InChI=1S/C37H44N6O7/c1-9-23(2)39-31(44)22-48-28-12-10-11-25(17-28)32-40-30-21-47-20-29(30)33(41-32)43(35(46)50-37(6,7)8)27-15-13-24(14-16-27)26-18-38-42(19-26)34(45)49-36(3,4)5/h10-19,23H,9,20-22H2,1-8H3,(H,39,44). The van der Waals surface area contributed by atoms with Gasteiger partial charge in [0, 0.05) is 28.9 Å². The summed E-state index contributed by atoms with van der Waals surface area (Å²) in [6.07, 6.45) is 2.75. The third kappa shape index (κ3) is 9.03. The van der Waals surface area contributed by atoms with E-state index in [0.29, 0.717) is 45.5 Å². The number of anilines is 2. The number of fused-ring (bicyclic) bond motifs is 1. The number of nitrogens with one attached hydrogen (secondary N) is 1. The lowest BCUT2D eigenvalue weighted by molar-refractivity contribution is -0.123. The Balaban J connectivity index is 1.48. The minimum absolute atomic E-state index is 0.0465. The van der Waals surface area contributed by atoms with E-state index in [9.17, 15) is 14.4 Å². The highest BCUT2D eigenvalue weighted by molar-refractivity contribution is 5.96. The lowest BCUT2D eigenvalue weighted by atomic mass is 10.1. The van der Waals surface area contributed by atoms with Crippen LogP contribution in [0.4, 0.5) is 21.1 Å². The van der Waals surface area contributed by atoms with Crippen molar-refractivity contribution in [2.75, 3.05) is 11.5 Å². The van der Waals surface area contributed by atoms with Gasteiger partial charge in [-0.2, -0.15) is 9.78 Å². The van der Waals surface area contributed by atoms with Crippen molar-refractivity contribution in [3.05, 3.63) is 72.2 Å². The van der Waals surface area contributed by atoms with Crippen LogP contribution in [0, 0.1) is 0 Å². The van der Waals surface area contributed by atoms with Gasteiger partial charge in [-0.25, -0.2) is 24.5 Å². The summed E-state index contributed by atoms with van der Waals surface area (Å²) in [7, 11) is 0. The maximum Gasteiger partial charge on any atom is 0.435 e. The third-order valence-corrected chi connectivity index (χ3v) is 7.45. The second-order valence-electron chi connectivity index (χ2n) is 14.0. The molecule has 0 radical (unpaired) electrons. The van der Waals surface area contributed by atoms with Gasteiger partial charge in [0.2, 0.25) is 0 Å². The fourth-order valence-corrected chi connectivity index (χ4v) is 4.95. The molecule has 0 aliphatic carbocycles. The molecule has 2 amide bonds. The van der Waals surface area contributed by atoms with E-state index in [-0.39, 0.29) is 31.8 Å². The third-order valence-electron chi connectivity index (χ3n) is 7.45. The van der Waals surface area contributed by atoms with Crippen LogP contribution >= 0.6 is 0 Å². The molecule has 1 atom stereocenters. The summed E-state index contributed by atoms with van der Waals surface area (Å²) in [5.74, 6) is 0.923. The molecule has 5 rings (SSSR count). The van der Waals surface area contributed by atoms with Crippen LogP contribution in [-0.2, 0) is 32.2 Å². The smallest absolute Gasteiger partial charge is 0.435 e. The molecule has 0 spiro atoms. The van der Waals surface area contributed by atoms with Crippen LogP contribution in [0.1, 0.15) is 73.1 Å². The summed E-state index contributed by atoms with van der Waals surface area (Å²) < 4.78 is 24.0. The van der Waals surface area contributed by atoms with Crippen molar-refractivity contribution in [1.29, 1.82) is 0 Å². The summed E-state index contributed by atoms with van der Waals surface area (Å²) >= 11 is 0. The zero-order chi connectivity index (χ0) is 36.2. The molecule has 1 unspecified atom stereocenters. The Hall–Kier alpha value is -5.30. The Labute approximate surface area is 291 Å². The predicted octanol–water partition coefficient (Wildman–Crippen LogP) is 7.19. The first kappa shape index (κ1) is 36.0. The topological polar surface area (TPSA) is 147 Å². The number of ether oxygens (including phenoxy) is 4. The van der Waals surface area contributed by atoms with E-state index in [1.807, 2.05) is 32.0 Å². The van der Waals surface area contributed by atoms with Crippen LogP contribution in [-0.4, -0.2) is 61.7 Å². The highest BCUT2D eigenvalue weighted by Crippen LogP contribution is 2.36. The lowest BCUT2D eigenvalue weighted by Crippen LogP contribution is -2.35. The van der Waals surface area contributed by atoms with Gasteiger partial charge >= 0.3 is 12.2 Å². The van der Waals surface area contributed by atoms with Gasteiger partial charge in [0.1, 0.15) is 17.0 Å². The van der Waals surface area contributed by atoms with Crippen molar-refractivity contribution in [2.24, 2.45) is 0 Å². The van der Waals surface area contributed by atoms with Gasteiger partial charge in [-0.3, -0.25) is 4.79 Å². The van der Waals surface area contributed by atoms with Crippen LogP contribution < -0.4 is 15.0 Å². The monoisotopic (exact) mass is 684 g/mol. The maximum absolute atomic E-state index is 13.9. The first-order valence-electron chi connectivity index (χ1n) is 16.5. The van der Waals surface area contributed by atoms with Crippen molar-refractivity contribution < 1.29 is 33.3 Å². The van der Waals surface area contributed by atoms with Crippen LogP contribution in [0.5, 0.6) is 5.75 Å². The highest BCUT2D eigenvalue weighted by atomic mass is 16.6. The molecule has 13 nitrogen and oxygen atoms in total. The molecule has 2 aromatic carbocycles. The maximum atomic E-state index is 13.9. The molecule has 0 saturated carbocycles. The van der Waals surface area contributed by atoms with E-state index in [4.69, 9.17) is 28.9 Å². The quantitative estimate of drug-likeness (QED) is 0.192. The molecule has 2 aromatic heterocycles. The number of aromatic nitrogens is 4. The number of carbonyl (C=O) groups is 3. The Morgan fingerprint density at radius 3 is 2.34 bits per heavy atom. The van der Waals surface area contributed by atoms with E-state index in [1.165, 1.54) is 4.90 Å². The normalized spacial score (nSPS) is 13.3. The largest absolute Gasteiger partial charge is 0.484 e. The fraction of sp³-hybridized carbons (Fsp3) is 0.405. The summed E-state index contributed by atoms with van der Waals surface area (Å²) in [6, 6.07) is 14.4. The van der Waals surface area contributed by atoms with Gasteiger partial charge < -0.3 is 24.3 Å². The molecule has 50 heavy (non-hydrogen) atoms. The van der Waals surface area contributed by atoms with Crippen molar-refractivity contribution >= 4 is 29.6 Å². The Bertz CT molecular complexity index is 1860. The minimum atomic E-state index is -0.798. The zero-order valence-electron chi connectivity index (χ0n) is 29.8. The highest BCUT2D eigenvalue weighted by Gasteiger charge is 2.32. The summed E-state index contributed by atoms with van der Waals surface area (Å²) in [4.78, 5) is 49.9. The summed E-state index contributed by atoms with van der Waals surface area (Å²) in [5, 5.41) is 7.05. The first-order chi connectivity index (χ1) is 23.6. The predicted molar refractivity (Wildman–Crippen MR) is 187 cm³/mol. The Morgan fingerprint density at radius 2 is 1.66 bits per heavy atom. The van der Waals surface area contributed by atoms with Crippen LogP contribution in [0.3, 0.4) is 0 Å². The molecule has 0 bridgehead atoms. The average Bonchev–Trinajstić information content (AvgIpc) is 3.73. The molecule has 264 valence electrons. The lowest BCUT2D eigenvalue weighted by Gasteiger charge is -2.28. The van der Waals surface area contributed by atoms with Crippen molar-refractivity contribution in [1.82, 2.24) is 25.1 Å². The van der Waals surface area contributed by atoms with E-state index >= 15 is 0 Å². The molecule has 3 heterocycles. The number of rotatable bonds is 9. The van der Waals surface area contributed by atoms with Crippen LogP contribution in [0.2, 0.25) is 0 Å². The summed E-state index contributed by atoms with van der Waals surface area (Å²) in [5.41, 5.74) is 2.41. The molecular formula is C37H44N6O7. The molecule has 4 aromatic rings. The zero-order valence-corrected chi connectivity index (χ0v) is 29.8. The number of benzene rings is 2. The average molecular weight is 685 g/mol. The van der Waals surface area contributed by atoms with Crippen molar-refractivity contribution in [2.45, 2.75) is 92.3 Å². The number of hydrogen-bond acceptors (Lipinski definition) is 10. The second kappa shape index (κ2) is 14.7. The van der Waals surface area contributed by atoms with E-state index in [2.05, 4.69) is 10.4 Å². The second-order valence-corrected chi connectivity index (χ2v) is 14.0. The van der Waals surface area contributed by atoms with Crippen LogP contribution in [0.25, 0.3) is 22.5 Å². The molecular weight excluding hydrogens is 640 g/mol. The van der Waals surface area contributed by atoms with Crippen molar-refractivity contribution in [3.63, 3.8) is 0 Å². The fourth-order valence-electron chi connectivity index (χ4n) is 4.95. The van der Waals surface area contributed by atoms with Gasteiger partial charge in [0.25, 0.3) is 5.91 Å². The molecule has 1 N–H and O–H groups in total. The van der Waals surface area contributed by atoms with Gasteiger partial charge in [0.05, 0.1) is 30.8 Å². The van der Waals surface area contributed by atoms with E-state index in [0.717, 1.165) is 16.7 Å². The number of amides is 2. The minimum Gasteiger partial charge on any atom is -0.484 e. The molecule has 0 saturated heterocycles. The van der Waals surface area contributed by atoms with Gasteiger partial charge in [0.15, 0.2) is 18.2 Å². The Morgan fingerprint density at radius 1 is 0.940 bits per heavy atom. The number of carbonyl (C=O) groups excluding carboxylic acids is 3. The van der Waals surface area contributed by atoms with Gasteiger partial charge in [-0.1, -0.05) is 31.2 Å². The van der Waals surface area contributed by atoms with E-state index < -0.39 is 23.4 Å². The SMILES string of the molecule is CCC(C)NC(=O)COc1cccc(-c2nc3c(c(N(C(=O)OC(C)(C)C)c4ccc(-c5cnn(C(=O)OC(C)(C)C)c5)cc4)n2)COC3)c1. The van der Waals surface area contributed by atoms with E-state index in [1.54, 1.807) is 84.3 Å². The van der Waals surface area contributed by atoms with Gasteiger partial charge in [-0.05, 0) is 84.7 Å². The first-order valence-corrected chi connectivity index (χ1v) is 16.5. The number of nitrogens with zero attached hydrogens (tertiary/aromatic N) is 5. The molecule has 0 fully saturated rings. The molecule has 13 heteroatoms. The van der Waals surface area contributed by atoms with Crippen molar-refractivity contribution in [3.8, 4) is 28.3 Å². The van der Waals surface area contributed by atoms with Gasteiger partial charge in [-0.15, -0.1) is 0 Å². The molecule has 1 aliphatic rings. The summed E-state index contributed by atoms with van der Waals surface area (Å²) in [6.45, 7) is 15.0. The molecule has 1 aliphatic heterocycles. The Kier molecular flexibility index (Phi) is 10.6. The van der Waals surface area contributed by atoms with Crippen LogP contribution in [0.15, 0.2) is 60.9 Å². The number of hydrogen-bond donors (Lipinski definition) is 1.